The summed E-state index contributed by atoms with van der Waals surface area (Å²) >= 11 is 0. The Labute approximate surface area is 168 Å². The van der Waals surface area contributed by atoms with E-state index in [2.05, 4.69) is 16.9 Å². The monoisotopic (exact) mass is 383 g/mol. The molecule has 29 heavy (non-hydrogen) atoms. The van der Waals surface area contributed by atoms with Crippen LogP contribution in [0.5, 0.6) is 5.88 Å². The normalized spacial score (nSPS) is 11.4. The van der Waals surface area contributed by atoms with E-state index in [1.54, 1.807) is 18.3 Å². The fourth-order valence-electron chi connectivity index (χ4n) is 3.42. The van der Waals surface area contributed by atoms with Crippen LogP contribution < -0.4 is 5.56 Å². The maximum absolute atomic E-state index is 13.1. The lowest BCUT2D eigenvalue weighted by molar-refractivity contribution is 0.435. The summed E-state index contributed by atoms with van der Waals surface area (Å²) in [6.07, 6.45) is 2.48. The molecule has 0 atom stereocenters. The van der Waals surface area contributed by atoms with Gasteiger partial charge < -0.3 is 5.11 Å². The van der Waals surface area contributed by atoms with Gasteiger partial charge in [0.25, 0.3) is 5.56 Å². The van der Waals surface area contributed by atoms with Gasteiger partial charge in [0.2, 0.25) is 5.88 Å². The van der Waals surface area contributed by atoms with Crippen LogP contribution in [0.2, 0.25) is 0 Å². The first kappa shape index (κ1) is 18.6. The molecule has 5 nitrogen and oxygen atoms in total. The van der Waals surface area contributed by atoms with E-state index >= 15 is 0 Å². The largest absolute Gasteiger partial charge is 0.494 e. The third kappa shape index (κ3) is 3.43. The first-order valence-corrected chi connectivity index (χ1v) is 9.53. The van der Waals surface area contributed by atoms with Gasteiger partial charge in [-0.15, -0.1) is 0 Å². The van der Waals surface area contributed by atoms with Crippen LogP contribution in [0.25, 0.3) is 16.6 Å². The Morgan fingerprint density at radius 3 is 2.48 bits per heavy atom. The third-order valence-electron chi connectivity index (χ3n) is 4.91. The van der Waals surface area contributed by atoms with E-state index in [9.17, 15) is 9.90 Å². The summed E-state index contributed by atoms with van der Waals surface area (Å²) in [5.74, 6) is 0.200. The van der Waals surface area contributed by atoms with Gasteiger partial charge in [0.05, 0.1) is 11.3 Å². The number of benzene rings is 2. The summed E-state index contributed by atoms with van der Waals surface area (Å²) in [6.45, 7) is 3.92. The van der Waals surface area contributed by atoms with Crippen molar-refractivity contribution in [1.29, 1.82) is 0 Å². The Balaban J connectivity index is 1.99. The number of aliphatic imine (C=N–C) groups is 1. The van der Waals surface area contributed by atoms with Crippen molar-refractivity contribution in [2.75, 3.05) is 0 Å². The summed E-state index contributed by atoms with van der Waals surface area (Å²) in [5, 5.41) is 12.2. The van der Waals surface area contributed by atoms with Crippen molar-refractivity contribution in [2.45, 2.75) is 20.3 Å². The highest BCUT2D eigenvalue weighted by molar-refractivity contribution is 6.02. The minimum absolute atomic E-state index is 0.176. The first-order valence-electron chi connectivity index (χ1n) is 9.53. The van der Waals surface area contributed by atoms with Gasteiger partial charge in [-0.25, -0.2) is 9.55 Å². The van der Waals surface area contributed by atoms with E-state index in [4.69, 9.17) is 0 Å². The van der Waals surface area contributed by atoms with E-state index in [-0.39, 0.29) is 11.4 Å². The highest BCUT2D eigenvalue weighted by Gasteiger charge is 2.17. The number of fused-ring (bicyclic) bond motifs is 1. The smallest absolute Gasteiger partial charge is 0.267 e. The predicted molar refractivity (Wildman–Crippen MR) is 117 cm³/mol. The van der Waals surface area contributed by atoms with Gasteiger partial charge in [0.15, 0.2) is 0 Å². The van der Waals surface area contributed by atoms with Gasteiger partial charge in [0, 0.05) is 22.7 Å². The van der Waals surface area contributed by atoms with E-state index in [0.29, 0.717) is 22.2 Å². The van der Waals surface area contributed by atoms with E-state index in [1.807, 2.05) is 61.5 Å². The molecular weight excluding hydrogens is 362 g/mol. The lowest BCUT2D eigenvalue weighted by Gasteiger charge is -2.13. The van der Waals surface area contributed by atoms with E-state index in [1.165, 1.54) is 4.57 Å². The molecule has 0 bridgehead atoms. The minimum Gasteiger partial charge on any atom is -0.494 e. The van der Waals surface area contributed by atoms with Crippen molar-refractivity contribution in [2.24, 2.45) is 4.99 Å². The highest BCUT2D eigenvalue weighted by atomic mass is 16.3. The number of nitrogens with zero attached hydrogens (tertiary/aromatic N) is 3. The van der Waals surface area contributed by atoms with Crippen molar-refractivity contribution in [3.63, 3.8) is 0 Å². The molecule has 5 heteroatoms. The van der Waals surface area contributed by atoms with Crippen LogP contribution in [-0.2, 0) is 6.42 Å². The lowest BCUT2D eigenvalue weighted by atomic mass is 10.1. The number of aromatic nitrogens is 2. The van der Waals surface area contributed by atoms with Crippen LogP contribution >= 0.6 is 0 Å². The average molecular weight is 383 g/mol. The van der Waals surface area contributed by atoms with E-state index < -0.39 is 0 Å². The minimum atomic E-state index is -0.317. The maximum atomic E-state index is 13.1. The molecule has 4 rings (SSSR count). The topological polar surface area (TPSA) is 67.5 Å². The molecule has 144 valence electrons. The fourth-order valence-corrected chi connectivity index (χ4v) is 3.42. The zero-order valence-electron chi connectivity index (χ0n) is 16.3. The number of hydrogen-bond acceptors (Lipinski definition) is 4. The molecule has 0 aliphatic rings. The molecule has 0 amide bonds. The quantitative estimate of drug-likeness (QED) is 0.519. The molecule has 0 saturated carbocycles. The van der Waals surface area contributed by atoms with Crippen molar-refractivity contribution in [3.8, 4) is 11.7 Å². The SMILES string of the molecule is CCc1ccccc1N=Cc1c(O)n(-c2cccc(C)n2)c(=O)c2ccccc12. The molecule has 1 N–H and O–H groups in total. The van der Waals surface area contributed by atoms with Crippen LogP contribution in [0, 0.1) is 6.92 Å². The van der Waals surface area contributed by atoms with Crippen molar-refractivity contribution in [3.05, 3.63) is 93.9 Å². The first-order chi connectivity index (χ1) is 14.1. The number of pyridine rings is 2. The molecule has 2 heterocycles. The zero-order chi connectivity index (χ0) is 20.4. The predicted octanol–water partition coefficient (Wildman–Crippen LogP) is 4.71. The Morgan fingerprint density at radius 1 is 1.00 bits per heavy atom. The lowest BCUT2D eigenvalue weighted by Crippen LogP contribution is -2.21. The van der Waals surface area contributed by atoms with Crippen molar-refractivity contribution >= 4 is 22.7 Å². The summed E-state index contributed by atoms with van der Waals surface area (Å²) in [7, 11) is 0. The highest BCUT2D eigenvalue weighted by Crippen LogP contribution is 2.27. The number of aryl methyl sites for hydroxylation is 2. The third-order valence-corrected chi connectivity index (χ3v) is 4.91. The summed E-state index contributed by atoms with van der Waals surface area (Å²) in [6, 6.07) is 20.5. The Hall–Kier alpha value is -3.73. The fraction of sp³-hybridized carbons (Fsp3) is 0.125. The molecule has 0 radical (unpaired) electrons. The van der Waals surface area contributed by atoms with Gasteiger partial charge in [-0.2, -0.15) is 0 Å². The molecule has 2 aromatic heterocycles. The molecule has 0 unspecified atom stereocenters. The van der Waals surface area contributed by atoms with Crippen molar-refractivity contribution < 1.29 is 5.11 Å². The zero-order valence-corrected chi connectivity index (χ0v) is 16.3. The molecule has 2 aromatic carbocycles. The Kier molecular flexibility index (Phi) is 4.96. The summed E-state index contributed by atoms with van der Waals surface area (Å²) in [4.78, 5) is 22.1. The molecular formula is C24H21N3O2. The number of rotatable bonds is 4. The summed E-state index contributed by atoms with van der Waals surface area (Å²) in [5.41, 5.74) is 2.87. The van der Waals surface area contributed by atoms with Crippen LogP contribution in [0.15, 0.2) is 76.5 Å². The van der Waals surface area contributed by atoms with E-state index in [0.717, 1.165) is 23.4 Å². The number of para-hydroxylation sites is 1. The molecule has 4 aromatic rings. The second-order valence-corrected chi connectivity index (χ2v) is 6.80. The second kappa shape index (κ2) is 7.72. The van der Waals surface area contributed by atoms with Gasteiger partial charge in [-0.1, -0.05) is 49.4 Å². The molecule has 0 aliphatic heterocycles. The molecule has 0 aliphatic carbocycles. The van der Waals surface area contributed by atoms with Crippen LogP contribution in [0.1, 0.15) is 23.7 Å². The Bertz CT molecular complexity index is 1290. The maximum Gasteiger partial charge on any atom is 0.267 e. The van der Waals surface area contributed by atoms with Crippen LogP contribution in [-0.4, -0.2) is 20.9 Å². The second-order valence-electron chi connectivity index (χ2n) is 6.80. The van der Waals surface area contributed by atoms with Crippen LogP contribution in [0.3, 0.4) is 0 Å². The van der Waals surface area contributed by atoms with Crippen LogP contribution in [0.4, 0.5) is 5.69 Å². The summed E-state index contributed by atoms with van der Waals surface area (Å²) < 4.78 is 1.24. The van der Waals surface area contributed by atoms with Crippen molar-refractivity contribution in [1.82, 2.24) is 9.55 Å². The van der Waals surface area contributed by atoms with Gasteiger partial charge in [-0.05, 0) is 43.2 Å². The van der Waals surface area contributed by atoms with Gasteiger partial charge in [0.1, 0.15) is 5.82 Å². The molecule has 0 fully saturated rings. The Morgan fingerprint density at radius 2 is 1.72 bits per heavy atom. The number of hydrogen-bond donors (Lipinski definition) is 1. The van der Waals surface area contributed by atoms with Gasteiger partial charge >= 0.3 is 0 Å². The molecule has 0 spiro atoms. The average Bonchev–Trinajstić information content (AvgIpc) is 2.74. The van der Waals surface area contributed by atoms with Gasteiger partial charge in [-0.3, -0.25) is 9.79 Å². The standard InChI is InChI=1S/C24H21N3O2/c1-3-17-10-4-7-13-21(17)25-15-20-18-11-5-6-12-19(18)23(28)27(24(20)29)22-14-8-9-16(2)26-22/h4-15,29H,3H2,1-2H3. The number of aromatic hydroxyl groups is 1. The molecule has 0 saturated heterocycles.